The van der Waals surface area contributed by atoms with Gasteiger partial charge in [-0.1, -0.05) is 74.3 Å². The van der Waals surface area contributed by atoms with Crippen LogP contribution < -0.4 is 0 Å². The van der Waals surface area contributed by atoms with E-state index in [4.69, 9.17) is 0 Å². The third-order valence-corrected chi connectivity index (χ3v) is 7.14. The average molecular weight is 580 g/mol. The summed E-state index contributed by atoms with van der Waals surface area (Å²) < 4.78 is 1.68. The van der Waals surface area contributed by atoms with Crippen molar-refractivity contribution in [3.05, 3.63) is 110 Å². The highest BCUT2D eigenvalue weighted by Gasteiger charge is 2.45. The molecule has 0 aliphatic carbocycles. The van der Waals surface area contributed by atoms with Crippen molar-refractivity contribution in [3.8, 4) is 0 Å². The number of H-pyrrole nitrogens is 1. The number of aromatic nitrogens is 1. The van der Waals surface area contributed by atoms with Gasteiger partial charge in [0.2, 0.25) is 0 Å². The number of hydrogen-bond acceptors (Lipinski definition) is 3. The molecule has 1 aliphatic rings. The molecule has 0 spiro atoms. The Morgan fingerprint density at radius 1 is 0.941 bits per heavy atom. The molecule has 5 rings (SSSR count). The molecule has 1 fully saturated rings. The highest BCUT2D eigenvalue weighted by molar-refractivity contribution is 9.10. The van der Waals surface area contributed by atoms with Gasteiger partial charge in [0, 0.05) is 38.2 Å². The van der Waals surface area contributed by atoms with Crippen molar-refractivity contribution in [1.82, 2.24) is 9.88 Å². The maximum atomic E-state index is 13.2. The van der Waals surface area contributed by atoms with Gasteiger partial charge in [0.25, 0.3) is 11.7 Å². The van der Waals surface area contributed by atoms with Crippen LogP contribution in [0.5, 0.6) is 0 Å². The number of nitrogens with zero attached hydrogens (tertiary/aromatic N) is 1. The van der Waals surface area contributed by atoms with Crippen LogP contribution in [0.2, 0.25) is 0 Å². The van der Waals surface area contributed by atoms with Crippen molar-refractivity contribution >= 4 is 60.2 Å². The maximum Gasteiger partial charge on any atom is 0.295 e. The summed E-state index contributed by atoms with van der Waals surface area (Å²) in [4.78, 5) is 31.2. The number of rotatable bonds is 5. The molecule has 1 atom stereocenters. The number of aliphatic hydroxyl groups is 1. The van der Waals surface area contributed by atoms with Crippen molar-refractivity contribution in [2.45, 2.75) is 12.5 Å². The third-order valence-electron chi connectivity index (χ3n) is 6.12. The minimum absolute atomic E-state index is 0.101. The lowest BCUT2D eigenvalue weighted by atomic mass is 9.95. The van der Waals surface area contributed by atoms with E-state index in [1.54, 1.807) is 29.2 Å². The van der Waals surface area contributed by atoms with E-state index in [9.17, 15) is 14.7 Å². The second kappa shape index (κ2) is 9.24. The van der Waals surface area contributed by atoms with E-state index in [0.29, 0.717) is 18.5 Å². The summed E-state index contributed by atoms with van der Waals surface area (Å²) in [7, 11) is 0. The van der Waals surface area contributed by atoms with E-state index in [2.05, 4.69) is 36.8 Å². The Labute approximate surface area is 213 Å². The number of aliphatic hydroxyl groups excluding tert-OH is 1. The number of fused-ring (bicyclic) bond motifs is 1. The molecule has 2 N–H and O–H groups in total. The van der Waals surface area contributed by atoms with Gasteiger partial charge in [-0.05, 0) is 47.9 Å². The quantitative estimate of drug-likeness (QED) is 0.164. The Balaban J connectivity index is 1.57. The van der Waals surface area contributed by atoms with Gasteiger partial charge in [0.05, 0.1) is 11.6 Å². The second-order valence-corrected chi connectivity index (χ2v) is 10.00. The first kappa shape index (κ1) is 22.6. The molecule has 5 nitrogen and oxygen atoms in total. The zero-order valence-corrected chi connectivity index (χ0v) is 21.1. The summed E-state index contributed by atoms with van der Waals surface area (Å²) >= 11 is 6.88. The fourth-order valence-electron chi connectivity index (χ4n) is 4.48. The molecule has 1 saturated heterocycles. The van der Waals surface area contributed by atoms with Crippen LogP contribution >= 0.6 is 31.9 Å². The van der Waals surface area contributed by atoms with Crippen LogP contribution in [0.3, 0.4) is 0 Å². The first-order chi connectivity index (χ1) is 16.4. The summed E-state index contributed by atoms with van der Waals surface area (Å²) in [5.41, 5.74) is 3.44. The first-order valence-corrected chi connectivity index (χ1v) is 12.4. The van der Waals surface area contributed by atoms with Gasteiger partial charge in [-0.25, -0.2) is 0 Å². The van der Waals surface area contributed by atoms with Crippen LogP contribution in [-0.2, 0) is 16.0 Å². The molecule has 170 valence electrons. The van der Waals surface area contributed by atoms with Crippen molar-refractivity contribution in [2.75, 3.05) is 6.54 Å². The number of nitrogens with one attached hydrogen (secondary N) is 1. The molecule has 0 bridgehead atoms. The molecule has 1 unspecified atom stereocenters. The number of ketones is 1. The van der Waals surface area contributed by atoms with Crippen molar-refractivity contribution < 1.29 is 14.7 Å². The highest BCUT2D eigenvalue weighted by atomic mass is 79.9. The number of halogens is 2. The van der Waals surface area contributed by atoms with Gasteiger partial charge in [0.1, 0.15) is 5.76 Å². The Bertz CT molecular complexity index is 1440. The zero-order valence-electron chi connectivity index (χ0n) is 18.0. The summed E-state index contributed by atoms with van der Waals surface area (Å²) in [6.45, 7) is 0.334. The summed E-state index contributed by atoms with van der Waals surface area (Å²) in [5, 5.41) is 12.3. The van der Waals surface area contributed by atoms with Crippen LogP contribution in [0.25, 0.3) is 16.7 Å². The summed E-state index contributed by atoms with van der Waals surface area (Å²) in [6, 6.07) is 21.8. The Morgan fingerprint density at radius 3 is 2.47 bits per heavy atom. The van der Waals surface area contributed by atoms with Crippen LogP contribution in [0.1, 0.15) is 22.7 Å². The number of likely N-dealkylation sites (tertiary alicyclic amines) is 1. The van der Waals surface area contributed by atoms with E-state index < -0.39 is 17.7 Å². The number of carbonyl (C=O) groups excluding carboxylic acids is 2. The lowest BCUT2D eigenvalue weighted by molar-refractivity contribution is -0.139. The topological polar surface area (TPSA) is 73.4 Å². The minimum Gasteiger partial charge on any atom is -0.507 e. The average Bonchev–Trinajstić information content (AvgIpc) is 3.36. The number of aromatic amines is 1. The van der Waals surface area contributed by atoms with Crippen LogP contribution in [-0.4, -0.2) is 33.2 Å². The fraction of sp³-hybridized carbons (Fsp3) is 0.111. The van der Waals surface area contributed by atoms with Gasteiger partial charge in [0.15, 0.2) is 0 Å². The van der Waals surface area contributed by atoms with Crippen molar-refractivity contribution in [1.29, 1.82) is 0 Å². The Kier molecular flexibility index (Phi) is 6.15. The van der Waals surface area contributed by atoms with E-state index >= 15 is 0 Å². The Morgan fingerprint density at radius 2 is 1.71 bits per heavy atom. The van der Waals surface area contributed by atoms with Gasteiger partial charge in [-0.3, -0.25) is 9.59 Å². The van der Waals surface area contributed by atoms with E-state index in [1.807, 2.05) is 54.7 Å². The fourth-order valence-corrected chi connectivity index (χ4v) is 5.16. The number of carbonyl (C=O) groups is 2. The van der Waals surface area contributed by atoms with Gasteiger partial charge < -0.3 is 15.0 Å². The van der Waals surface area contributed by atoms with Crippen LogP contribution in [0.15, 0.2) is 93.5 Å². The molecule has 0 radical (unpaired) electrons. The molecule has 1 amide bonds. The monoisotopic (exact) mass is 578 g/mol. The molecule has 3 aromatic carbocycles. The number of amides is 1. The van der Waals surface area contributed by atoms with E-state index in [-0.39, 0.29) is 11.3 Å². The number of para-hydroxylation sites is 1. The van der Waals surface area contributed by atoms with E-state index in [1.165, 1.54) is 0 Å². The normalized spacial score (nSPS) is 17.6. The SMILES string of the molecule is O=C1C(=O)N(CCc2c[nH]c3ccccc23)C(c2cccc(Br)c2)C1=C(O)c1ccc(Br)cc1. The van der Waals surface area contributed by atoms with E-state index in [0.717, 1.165) is 31.0 Å². The zero-order chi connectivity index (χ0) is 23.8. The second-order valence-electron chi connectivity index (χ2n) is 8.16. The summed E-state index contributed by atoms with van der Waals surface area (Å²) in [6.07, 6.45) is 2.51. The molecule has 1 aliphatic heterocycles. The van der Waals surface area contributed by atoms with Gasteiger partial charge >= 0.3 is 0 Å². The number of hydrogen-bond donors (Lipinski definition) is 2. The Hall–Kier alpha value is -3.16. The summed E-state index contributed by atoms with van der Waals surface area (Å²) in [5.74, 6) is -1.46. The standard InChI is InChI=1S/C27H20Br2N2O3/c28-19-10-8-16(9-11-19)25(32)23-24(17-4-3-5-20(29)14-17)31(27(34)26(23)33)13-12-18-15-30-22-7-2-1-6-21(18)22/h1-11,14-15,24,30,32H,12-13H2. The minimum atomic E-state index is -0.689. The predicted molar refractivity (Wildman–Crippen MR) is 139 cm³/mol. The smallest absolute Gasteiger partial charge is 0.295 e. The molecule has 1 aromatic heterocycles. The molecule has 34 heavy (non-hydrogen) atoms. The number of benzene rings is 3. The van der Waals surface area contributed by atoms with Crippen LogP contribution in [0, 0.1) is 0 Å². The molecular formula is C27H20Br2N2O3. The highest BCUT2D eigenvalue weighted by Crippen LogP contribution is 2.40. The lowest BCUT2D eigenvalue weighted by Crippen LogP contribution is -2.31. The first-order valence-electron chi connectivity index (χ1n) is 10.8. The van der Waals surface area contributed by atoms with Crippen molar-refractivity contribution in [2.24, 2.45) is 0 Å². The van der Waals surface area contributed by atoms with Crippen molar-refractivity contribution in [3.63, 3.8) is 0 Å². The van der Waals surface area contributed by atoms with Crippen LogP contribution in [0.4, 0.5) is 0 Å². The lowest BCUT2D eigenvalue weighted by Gasteiger charge is -2.25. The number of Topliss-reactive ketones (excluding diaryl/α,β-unsaturated/α-hetero) is 1. The predicted octanol–water partition coefficient (Wildman–Crippen LogP) is 6.36. The van der Waals surface area contributed by atoms with Gasteiger partial charge in [-0.15, -0.1) is 0 Å². The largest absolute Gasteiger partial charge is 0.507 e. The molecule has 4 aromatic rings. The van der Waals surface area contributed by atoms with Gasteiger partial charge in [-0.2, -0.15) is 0 Å². The maximum absolute atomic E-state index is 13.2. The third kappa shape index (κ3) is 4.10. The molecule has 2 heterocycles. The molecular weight excluding hydrogens is 560 g/mol. The molecule has 0 saturated carbocycles. The molecule has 7 heteroatoms.